The van der Waals surface area contributed by atoms with Crippen molar-refractivity contribution in [1.82, 2.24) is 5.32 Å². The van der Waals surface area contributed by atoms with Gasteiger partial charge in [-0.15, -0.1) is 0 Å². The molecule has 0 amide bonds. The SMILES string of the molecule is COc1ccc(C(NC(C)c2ccc(F)c(F)c2)c2cccc(C#N)c2)cc1. The lowest BCUT2D eigenvalue weighted by atomic mass is 9.95. The van der Waals surface area contributed by atoms with Gasteiger partial charge in [-0.25, -0.2) is 8.78 Å². The summed E-state index contributed by atoms with van der Waals surface area (Å²) in [5, 5.41) is 12.7. The first kappa shape index (κ1) is 19.5. The van der Waals surface area contributed by atoms with Gasteiger partial charge in [0, 0.05) is 6.04 Å². The maximum Gasteiger partial charge on any atom is 0.159 e. The number of hydrogen-bond donors (Lipinski definition) is 1. The summed E-state index contributed by atoms with van der Waals surface area (Å²) in [6, 6.07) is 20.5. The molecular weight excluding hydrogens is 358 g/mol. The first-order chi connectivity index (χ1) is 13.5. The third-order valence-corrected chi connectivity index (χ3v) is 4.66. The summed E-state index contributed by atoms with van der Waals surface area (Å²) in [4.78, 5) is 0. The lowest BCUT2D eigenvalue weighted by Gasteiger charge is -2.25. The van der Waals surface area contributed by atoms with Crippen molar-refractivity contribution < 1.29 is 13.5 Å². The van der Waals surface area contributed by atoms with E-state index >= 15 is 0 Å². The molecule has 0 bridgehead atoms. The van der Waals surface area contributed by atoms with Crippen LogP contribution < -0.4 is 10.1 Å². The lowest BCUT2D eigenvalue weighted by Crippen LogP contribution is -2.26. The Labute approximate surface area is 163 Å². The average molecular weight is 378 g/mol. The number of ether oxygens (including phenoxy) is 1. The first-order valence-electron chi connectivity index (χ1n) is 8.87. The number of rotatable bonds is 6. The summed E-state index contributed by atoms with van der Waals surface area (Å²) in [6.07, 6.45) is 0. The average Bonchev–Trinajstić information content (AvgIpc) is 2.74. The quantitative estimate of drug-likeness (QED) is 0.634. The molecule has 142 valence electrons. The van der Waals surface area contributed by atoms with Gasteiger partial charge in [-0.05, 0) is 60.0 Å². The highest BCUT2D eigenvalue weighted by Crippen LogP contribution is 2.28. The Bertz CT molecular complexity index is 996. The minimum Gasteiger partial charge on any atom is -0.497 e. The van der Waals surface area contributed by atoms with Gasteiger partial charge in [0.05, 0.1) is 24.8 Å². The zero-order valence-electron chi connectivity index (χ0n) is 15.6. The molecule has 2 unspecified atom stereocenters. The van der Waals surface area contributed by atoms with E-state index in [2.05, 4.69) is 11.4 Å². The van der Waals surface area contributed by atoms with Crippen LogP contribution in [0.4, 0.5) is 8.78 Å². The molecule has 1 N–H and O–H groups in total. The number of methoxy groups -OCH3 is 1. The third kappa shape index (κ3) is 4.36. The number of nitrogens with zero attached hydrogens (tertiary/aromatic N) is 1. The molecule has 3 aromatic rings. The van der Waals surface area contributed by atoms with Gasteiger partial charge in [0.1, 0.15) is 5.75 Å². The van der Waals surface area contributed by atoms with Crippen molar-refractivity contribution in [3.63, 3.8) is 0 Å². The highest BCUT2D eigenvalue weighted by Gasteiger charge is 2.19. The Balaban J connectivity index is 1.97. The van der Waals surface area contributed by atoms with E-state index in [1.807, 2.05) is 49.4 Å². The Morgan fingerprint density at radius 2 is 1.61 bits per heavy atom. The zero-order valence-corrected chi connectivity index (χ0v) is 15.6. The fraction of sp³-hybridized carbons (Fsp3) is 0.174. The molecule has 0 aromatic heterocycles. The van der Waals surface area contributed by atoms with Gasteiger partial charge in [-0.3, -0.25) is 5.32 Å². The number of benzene rings is 3. The monoisotopic (exact) mass is 378 g/mol. The van der Waals surface area contributed by atoms with Crippen LogP contribution in [0.25, 0.3) is 0 Å². The summed E-state index contributed by atoms with van der Waals surface area (Å²) in [6.45, 7) is 1.89. The second-order valence-corrected chi connectivity index (χ2v) is 6.51. The van der Waals surface area contributed by atoms with E-state index in [1.165, 1.54) is 6.07 Å². The van der Waals surface area contributed by atoms with Gasteiger partial charge in [0.2, 0.25) is 0 Å². The van der Waals surface area contributed by atoms with Crippen LogP contribution in [0.5, 0.6) is 5.75 Å². The molecule has 0 radical (unpaired) electrons. The maximum absolute atomic E-state index is 13.7. The molecule has 0 fully saturated rings. The van der Waals surface area contributed by atoms with Crippen LogP contribution in [-0.4, -0.2) is 7.11 Å². The standard InChI is InChI=1S/C23H20F2N2O/c1-15(18-8-11-21(24)22(25)13-18)27-23(17-6-9-20(28-2)10-7-17)19-5-3-4-16(12-19)14-26/h3-13,15,23,27H,1-2H3. The van der Waals surface area contributed by atoms with Crippen molar-refractivity contribution in [2.24, 2.45) is 0 Å². The number of nitriles is 1. The first-order valence-corrected chi connectivity index (χ1v) is 8.87. The molecular formula is C23H20F2N2O. The molecule has 28 heavy (non-hydrogen) atoms. The molecule has 5 heteroatoms. The smallest absolute Gasteiger partial charge is 0.159 e. The molecule has 0 aliphatic heterocycles. The summed E-state index contributed by atoms with van der Waals surface area (Å²) < 4.78 is 32.1. The molecule has 2 atom stereocenters. The van der Waals surface area contributed by atoms with Crippen LogP contribution in [0.3, 0.4) is 0 Å². The van der Waals surface area contributed by atoms with E-state index in [1.54, 1.807) is 19.2 Å². The summed E-state index contributed by atoms with van der Waals surface area (Å²) in [5.41, 5.74) is 3.05. The molecule has 0 saturated carbocycles. The van der Waals surface area contributed by atoms with E-state index in [9.17, 15) is 14.0 Å². The Hall–Kier alpha value is -3.23. The minimum atomic E-state index is -0.876. The zero-order chi connectivity index (χ0) is 20.1. The molecule has 0 heterocycles. The van der Waals surface area contributed by atoms with Crippen molar-refractivity contribution in [2.75, 3.05) is 7.11 Å². The van der Waals surface area contributed by atoms with E-state index in [-0.39, 0.29) is 12.1 Å². The van der Waals surface area contributed by atoms with E-state index in [4.69, 9.17) is 4.74 Å². The fourth-order valence-corrected chi connectivity index (χ4v) is 3.10. The summed E-state index contributed by atoms with van der Waals surface area (Å²) in [5.74, 6) is -1.01. The molecule has 0 spiro atoms. The Morgan fingerprint density at radius 1 is 0.893 bits per heavy atom. The van der Waals surface area contributed by atoms with Gasteiger partial charge >= 0.3 is 0 Å². The highest BCUT2D eigenvalue weighted by atomic mass is 19.2. The van der Waals surface area contributed by atoms with Crippen LogP contribution in [0.15, 0.2) is 66.7 Å². The van der Waals surface area contributed by atoms with Crippen molar-refractivity contribution in [3.05, 3.63) is 101 Å². The van der Waals surface area contributed by atoms with Gasteiger partial charge in [0.25, 0.3) is 0 Å². The predicted octanol–water partition coefficient (Wildman–Crippen LogP) is 5.29. The van der Waals surface area contributed by atoms with Crippen molar-refractivity contribution in [2.45, 2.75) is 19.0 Å². The molecule has 3 nitrogen and oxygen atoms in total. The van der Waals surface area contributed by atoms with Crippen molar-refractivity contribution in [3.8, 4) is 11.8 Å². The fourth-order valence-electron chi connectivity index (χ4n) is 3.10. The van der Waals surface area contributed by atoms with Crippen LogP contribution >= 0.6 is 0 Å². The molecule has 0 aliphatic carbocycles. The van der Waals surface area contributed by atoms with Gasteiger partial charge < -0.3 is 4.74 Å². The number of nitrogens with one attached hydrogen (secondary N) is 1. The second kappa shape index (κ2) is 8.64. The molecule has 3 rings (SSSR count). The molecule has 0 aliphatic rings. The topological polar surface area (TPSA) is 45.0 Å². The normalized spacial score (nSPS) is 12.8. The maximum atomic E-state index is 13.7. The van der Waals surface area contributed by atoms with Crippen LogP contribution in [0.1, 0.15) is 41.3 Å². The van der Waals surface area contributed by atoms with E-state index in [0.717, 1.165) is 22.9 Å². The summed E-state index contributed by atoms with van der Waals surface area (Å²) in [7, 11) is 1.60. The van der Waals surface area contributed by atoms with Gasteiger partial charge in [0.15, 0.2) is 11.6 Å². The van der Waals surface area contributed by atoms with E-state index in [0.29, 0.717) is 11.1 Å². The predicted molar refractivity (Wildman–Crippen MR) is 104 cm³/mol. The third-order valence-electron chi connectivity index (χ3n) is 4.66. The molecule has 3 aromatic carbocycles. The van der Waals surface area contributed by atoms with Crippen LogP contribution in [0.2, 0.25) is 0 Å². The van der Waals surface area contributed by atoms with E-state index < -0.39 is 11.6 Å². The van der Waals surface area contributed by atoms with Crippen LogP contribution in [0, 0.1) is 23.0 Å². The Morgan fingerprint density at radius 3 is 2.25 bits per heavy atom. The largest absolute Gasteiger partial charge is 0.497 e. The van der Waals surface area contributed by atoms with Crippen molar-refractivity contribution in [1.29, 1.82) is 5.26 Å². The highest BCUT2D eigenvalue weighted by molar-refractivity contribution is 5.40. The number of hydrogen-bond acceptors (Lipinski definition) is 3. The minimum absolute atomic E-state index is 0.248. The second-order valence-electron chi connectivity index (χ2n) is 6.51. The van der Waals surface area contributed by atoms with Crippen molar-refractivity contribution >= 4 is 0 Å². The van der Waals surface area contributed by atoms with Crippen LogP contribution in [-0.2, 0) is 0 Å². The van der Waals surface area contributed by atoms with Gasteiger partial charge in [-0.2, -0.15) is 5.26 Å². The molecule has 0 saturated heterocycles. The van der Waals surface area contributed by atoms with Gasteiger partial charge in [-0.1, -0.05) is 30.3 Å². The Kier molecular flexibility index (Phi) is 6.03. The number of halogens is 2. The lowest BCUT2D eigenvalue weighted by molar-refractivity contribution is 0.414. The summed E-state index contributed by atoms with van der Waals surface area (Å²) >= 11 is 0.